The lowest BCUT2D eigenvalue weighted by Gasteiger charge is -2.05. The van der Waals surface area contributed by atoms with Crippen LogP contribution in [0, 0.1) is 0 Å². The number of hydrogen-bond donors (Lipinski definition) is 1. The van der Waals surface area contributed by atoms with Gasteiger partial charge in [-0.3, -0.25) is 4.79 Å². The predicted octanol–water partition coefficient (Wildman–Crippen LogP) is 2.69. The van der Waals surface area contributed by atoms with Crippen LogP contribution in [0.4, 0.5) is 0 Å². The maximum Gasteiger partial charge on any atom is 0.220 e. The van der Waals surface area contributed by atoms with Crippen LogP contribution in [0.3, 0.4) is 0 Å². The van der Waals surface area contributed by atoms with Gasteiger partial charge in [-0.15, -0.1) is 0 Å². The van der Waals surface area contributed by atoms with Gasteiger partial charge in [0.25, 0.3) is 0 Å². The van der Waals surface area contributed by atoms with Gasteiger partial charge in [0.2, 0.25) is 5.91 Å². The van der Waals surface area contributed by atoms with Crippen molar-refractivity contribution in [2.75, 3.05) is 12.3 Å². The molecule has 0 aliphatic carbocycles. The van der Waals surface area contributed by atoms with E-state index in [1.165, 1.54) is 0 Å². The molecule has 1 amide bonds. The van der Waals surface area contributed by atoms with Crippen LogP contribution < -0.4 is 5.32 Å². The number of amides is 1. The molecule has 0 spiro atoms. The van der Waals surface area contributed by atoms with Crippen molar-refractivity contribution < 1.29 is 4.79 Å². The minimum atomic E-state index is 0.178. The summed E-state index contributed by atoms with van der Waals surface area (Å²) in [5.74, 6) is 1.18. The summed E-state index contributed by atoms with van der Waals surface area (Å²) in [7, 11) is 3.69. The number of carbonyl (C=O) groups excluding carboxylic acids is 1. The molecule has 0 aromatic heterocycles. The SMILES string of the molecule is CCCC(=O)NCCSSC(C)C. The van der Waals surface area contributed by atoms with Crippen LogP contribution in [0.2, 0.25) is 0 Å². The van der Waals surface area contributed by atoms with E-state index in [-0.39, 0.29) is 5.91 Å². The summed E-state index contributed by atoms with van der Waals surface area (Å²) in [4.78, 5) is 11.0. The van der Waals surface area contributed by atoms with E-state index in [0.29, 0.717) is 11.7 Å². The molecule has 0 aliphatic rings. The molecule has 78 valence electrons. The number of carbonyl (C=O) groups is 1. The molecule has 1 N–H and O–H groups in total. The largest absolute Gasteiger partial charge is 0.355 e. The zero-order chi connectivity index (χ0) is 10.1. The first-order chi connectivity index (χ1) is 6.16. The first-order valence-electron chi connectivity index (χ1n) is 4.71. The molecule has 0 aliphatic heterocycles. The molecule has 0 saturated carbocycles. The first kappa shape index (κ1) is 13.2. The van der Waals surface area contributed by atoms with Gasteiger partial charge in [0.1, 0.15) is 0 Å². The van der Waals surface area contributed by atoms with Gasteiger partial charge in [-0.1, -0.05) is 42.4 Å². The monoisotopic (exact) mass is 221 g/mol. The first-order valence-corrected chi connectivity index (χ1v) is 7.10. The summed E-state index contributed by atoms with van der Waals surface area (Å²) in [5, 5.41) is 3.55. The van der Waals surface area contributed by atoms with Crippen molar-refractivity contribution >= 4 is 27.5 Å². The molecule has 0 saturated heterocycles. The van der Waals surface area contributed by atoms with Crippen molar-refractivity contribution in [3.05, 3.63) is 0 Å². The average molecular weight is 221 g/mol. The Kier molecular flexibility index (Phi) is 8.87. The van der Waals surface area contributed by atoms with E-state index in [1.807, 2.05) is 28.5 Å². The third-order valence-corrected chi connectivity index (χ3v) is 4.20. The quantitative estimate of drug-likeness (QED) is 0.529. The third-order valence-electron chi connectivity index (χ3n) is 1.25. The zero-order valence-electron chi connectivity index (χ0n) is 8.63. The molecule has 0 aromatic carbocycles. The van der Waals surface area contributed by atoms with Crippen LogP contribution >= 0.6 is 21.6 Å². The lowest BCUT2D eigenvalue weighted by molar-refractivity contribution is -0.120. The molecule has 0 aromatic rings. The van der Waals surface area contributed by atoms with Gasteiger partial charge in [-0.25, -0.2) is 0 Å². The van der Waals surface area contributed by atoms with Crippen molar-refractivity contribution in [3.8, 4) is 0 Å². The van der Waals surface area contributed by atoms with E-state index >= 15 is 0 Å². The van der Waals surface area contributed by atoms with E-state index in [0.717, 1.165) is 18.7 Å². The van der Waals surface area contributed by atoms with Gasteiger partial charge < -0.3 is 5.32 Å². The molecule has 0 rings (SSSR count). The van der Waals surface area contributed by atoms with E-state index in [9.17, 15) is 4.79 Å². The highest BCUT2D eigenvalue weighted by Gasteiger charge is 1.98. The second-order valence-corrected chi connectivity index (χ2v) is 6.13. The van der Waals surface area contributed by atoms with Gasteiger partial charge in [0.15, 0.2) is 0 Å². The molecule has 2 nitrogen and oxygen atoms in total. The highest BCUT2D eigenvalue weighted by Crippen LogP contribution is 2.25. The Morgan fingerprint density at radius 2 is 2.15 bits per heavy atom. The molecule has 13 heavy (non-hydrogen) atoms. The van der Waals surface area contributed by atoms with Crippen LogP contribution in [-0.4, -0.2) is 23.5 Å². The van der Waals surface area contributed by atoms with Crippen LogP contribution in [0.5, 0.6) is 0 Å². The van der Waals surface area contributed by atoms with E-state index in [2.05, 4.69) is 19.2 Å². The minimum absolute atomic E-state index is 0.178. The molecule has 0 unspecified atom stereocenters. The van der Waals surface area contributed by atoms with Crippen LogP contribution in [0.25, 0.3) is 0 Å². The lowest BCUT2D eigenvalue weighted by atomic mass is 10.3. The van der Waals surface area contributed by atoms with Crippen molar-refractivity contribution in [2.24, 2.45) is 0 Å². The third kappa shape index (κ3) is 10.1. The standard InChI is InChI=1S/C9H19NOS2/c1-4-5-9(11)10-6-7-12-13-8(2)3/h8H,4-7H2,1-3H3,(H,10,11). The topological polar surface area (TPSA) is 29.1 Å². The summed E-state index contributed by atoms with van der Waals surface area (Å²) in [6.45, 7) is 7.16. The second-order valence-electron chi connectivity index (χ2n) is 3.07. The van der Waals surface area contributed by atoms with Crippen molar-refractivity contribution in [3.63, 3.8) is 0 Å². The minimum Gasteiger partial charge on any atom is -0.355 e. The molecule has 0 radical (unpaired) electrons. The normalized spacial score (nSPS) is 10.5. The average Bonchev–Trinajstić information content (AvgIpc) is 2.03. The van der Waals surface area contributed by atoms with E-state index < -0.39 is 0 Å². The fourth-order valence-electron chi connectivity index (χ4n) is 0.732. The number of hydrogen-bond acceptors (Lipinski definition) is 3. The van der Waals surface area contributed by atoms with Crippen LogP contribution in [-0.2, 0) is 4.79 Å². The van der Waals surface area contributed by atoms with E-state index in [4.69, 9.17) is 0 Å². The Hall–Kier alpha value is 0.170. The van der Waals surface area contributed by atoms with Gasteiger partial charge in [-0.2, -0.15) is 0 Å². The van der Waals surface area contributed by atoms with Gasteiger partial charge >= 0.3 is 0 Å². The fourth-order valence-corrected chi connectivity index (χ4v) is 2.64. The van der Waals surface area contributed by atoms with Crippen molar-refractivity contribution in [1.29, 1.82) is 0 Å². The fraction of sp³-hybridized carbons (Fsp3) is 0.889. The molecule has 0 bridgehead atoms. The van der Waals surface area contributed by atoms with Crippen molar-refractivity contribution in [2.45, 2.75) is 38.9 Å². The molecule has 0 atom stereocenters. The Labute approximate surface area is 89.0 Å². The van der Waals surface area contributed by atoms with Gasteiger partial charge in [0, 0.05) is 24.0 Å². The highest BCUT2D eigenvalue weighted by molar-refractivity contribution is 8.76. The van der Waals surface area contributed by atoms with Gasteiger partial charge in [0.05, 0.1) is 0 Å². The Morgan fingerprint density at radius 3 is 2.69 bits per heavy atom. The number of rotatable bonds is 7. The molecule has 4 heteroatoms. The summed E-state index contributed by atoms with van der Waals surface area (Å²) >= 11 is 0. The number of nitrogens with one attached hydrogen (secondary N) is 1. The van der Waals surface area contributed by atoms with Crippen LogP contribution in [0.15, 0.2) is 0 Å². The van der Waals surface area contributed by atoms with Crippen molar-refractivity contribution in [1.82, 2.24) is 5.32 Å². The summed E-state index contributed by atoms with van der Waals surface area (Å²) in [5.41, 5.74) is 0. The molecule has 0 fully saturated rings. The summed E-state index contributed by atoms with van der Waals surface area (Å²) in [6.07, 6.45) is 1.59. The Morgan fingerprint density at radius 1 is 1.46 bits per heavy atom. The zero-order valence-corrected chi connectivity index (χ0v) is 10.3. The van der Waals surface area contributed by atoms with E-state index in [1.54, 1.807) is 0 Å². The predicted molar refractivity (Wildman–Crippen MR) is 63.1 cm³/mol. The second kappa shape index (κ2) is 8.75. The van der Waals surface area contributed by atoms with Crippen LogP contribution in [0.1, 0.15) is 33.6 Å². The Bertz CT molecular complexity index is 140. The Balaban J connectivity index is 3.11. The van der Waals surface area contributed by atoms with Gasteiger partial charge in [-0.05, 0) is 6.42 Å². The molecular weight excluding hydrogens is 202 g/mol. The molecular formula is C9H19NOS2. The highest BCUT2D eigenvalue weighted by atomic mass is 33.1. The summed E-state index contributed by atoms with van der Waals surface area (Å²) in [6, 6.07) is 0. The maximum absolute atomic E-state index is 11.0. The molecule has 0 heterocycles. The smallest absolute Gasteiger partial charge is 0.220 e. The maximum atomic E-state index is 11.0. The summed E-state index contributed by atoms with van der Waals surface area (Å²) < 4.78 is 0. The lowest BCUT2D eigenvalue weighted by Crippen LogP contribution is -2.24.